The Morgan fingerprint density at radius 2 is 2.05 bits per heavy atom. The van der Waals surface area contributed by atoms with E-state index in [1.165, 1.54) is 0 Å². The highest BCUT2D eigenvalue weighted by atomic mass is 16.2. The molecule has 1 fully saturated rings. The second kappa shape index (κ2) is 7.78. The maximum atomic E-state index is 12.4. The minimum atomic E-state index is -0.320. The van der Waals surface area contributed by atoms with E-state index in [0.29, 0.717) is 26.1 Å². The lowest BCUT2D eigenvalue weighted by Crippen LogP contribution is -2.46. The van der Waals surface area contributed by atoms with E-state index in [4.69, 9.17) is 5.73 Å². The van der Waals surface area contributed by atoms with Gasteiger partial charge in [-0.1, -0.05) is 30.3 Å². The van der Waals surface area contributed by atoms with Gasteiger partial charge in [0, 0.05) is 13.1 Å². The molecule has 21 heavy (non-hydrogen) atoms. The van der Waals surface area contributed by atoms with Gasteiger partial charge in [-0.05, 0) is 31.4 Å². The molecule has 1 aliphatic rings. The van der Waals surface area contributed by atoms with Crippen LogP contribution >= 0.6 is 0 Å². The number of rotatable bonds is 6. The number of carbonyl (C=O) groups excluding carboxylic acids is 2. The molecule has 0 saturated carbocycles. The van der Waals surface area contributed by atoms with Crippen molar-refractivity contribution in [2.45, 2.75) is 31.7 Å². The van der Waals surface area contributed by atoms with Crippen LogP contribution in [0.15, 0.2) is 30.3 Å². The third-order valence-corrected chi connectivity index (χ3v) is 3.75. The largest absolute Gasteiger partial charge is 0.354 e. The van der Waals surface area contributed by atoms with E-state index in [1.807, 2.05) is 30.3 Å². The zero-order valence-corrected chi connectivity index (χ0v) is 12.3. The highest BCUT2D eigenvalue weighted by Crippen LogP contribution is 2.19. The van der Waals surface area contributed by atoms with E-state index in [1.54, 1.807) is 4.90 Å². The van der Waals surface area contributed by atoms with Crippen LogP contribution in [0.3, 0.4) is 0 Å². The Bertz CT molecular complexity index is 476. The van der Waals surface area contributed by atoms with Crippen molar-refractivity contribution >= 4 is 11.8 Å². The molecule has 1 atom stereocenters. The number of nitrogens with zero attached hydrogens (tertiary/aromatic N) is 1. The van der Waals surface area contributed by atoms with Crippen molar-refractivity contribution < 1.29 is 9.59 Å². The minimum absolute atomic E-state index is 0.0256. The number of hydrogen-bond donors (Lipinski definition) is 2. The number of nitrogens with one attached hydrogen (secondary N) is 1. The first-order valence-corrected chi connectivity index (χ1v) is 7.53. The Morgan fingerprint density at radius 3 is 2.76 bits per heavy atom. The van der Waals surface area contributed by atoms with Gasteiger partial charge in [0.2, 0.25) is 11.8 Å². The SMILES string of the molecule is NCCCNC(=O)C1CCCN1C(=O)Cc1ccccc1. The molecular formula is C16H23N3O2. The molecule has 0 radical (unpaired) electrons. The second-order valence-corrected chi connectivity index (χ2v) is 5.34. The molecule has 3 N–H and O–H groups in total. The Balaban J connectivity index is 1.91. The normalized spacial score (nSPS) is 17.8. The van der Waals surface area contributed by atoms with Crippen LogP contribution in [0.1, 0.15) is 24.8 Å². The first-order chi connectivity index (χ1) is 10.2. The Hall–Kier alpha value is -1.88. The van der Waals surface area contributed by atoms with Gasteiger partial charge in [0.05, 0.1) is 6.42 Å². The number of nitrogens with two attached hydrogens (primary N) is 1. The molecule has 1 saturated heterocycles. The summed E-state index contributed by atoms with van der Waals surface area (Å²) < 4.78 is 0. The lowest BCUT2D eigenvalue weighted by atomic mass is 10.1. The van der Waals surface area contributed by atoms with Crippen LogP contribution in [0, 0.1) is 0 Å². The fourth-order valence-electron chi connectivity index (χ4n) is 2.64. The van der Waals surface area contributed by atoms with Crippen molar-refractivity contribution in [2.24, 2.45) is 5.73 Å². The first-order valence-electron chi connectivity index (χ1n) is 7.53. The summed E-state index contributed by atoms with van der Waals surface area (Å²) in [5.41, 5.74) is 6.40. The van der Waals surface area contributed by atoms with Crippen LogP contribution in [-0.2, 0) is 16.0 Å². The van der Waals surface area contributed by atoms with Crippen LogP contribution in [0.2, 0.25) is 0 Å². The lowest BCUT2D eigenvalue weighted by molar-refractivity contribution is -0.137. The molecule has 5 nitrogen and oxygen atoms in total. The first kappa shape index (κ1) is 15.5. The third-order valence-electron chi connectivity index (χ3n) is 3.75. The predicted octanol–water partition coefficient (Wildman–Crippen LogP) is 0.685. The summed E-state index contributed by atoms with van der Waals surface area (Å²) in [5.74, 6) is -0.0277. The van der Waals surface area contributed by atoms with E-state index in [2.05, 4.69) is 5.32 Å². The molecule has 114 valence electrons. The quantitative estimate of drug-likeness (QED) is 0.756. The van der Waals surface area contributed by atoms with Gasteiger partial charge in [-0.2, -0.15) is 0 Å². The van der Waals surface area contributed by atoms with Gasteiger partial charge < -0.3 is 16.0 Å². The van der Waals surface area contributed by atoms with Gasteiger partial charge in [-0.3, -0.25) is 9.59 Å². The van der Waals surface area contributed by atoms with E-state index in [-0.39, 0.29) is 17.9 Å². The van der Waals surface area contributed by atoms with Crippen LogP contribution in [0.4, 0.5) is 0 Å². The fraction of sp³-hybridized carbons (Fsp3) is 0.500. The van der Waals surface area contributed by atoms with Crippen molar-refractivity contribution in [1.82, 2.24) is 10.2 Å². The molecule has 0 spiro atoms. The van der Waals surface area contributed by atoms with Gasteiger partial charge in [0.1, 0.15) is 6.04 Å². The van der Waals surface area contributed by atoms with Gasteiger partial charge in [0.15, 0.2) is 0 Å². The van der Waals surface area contributed by atoms with Crippen molar-refractivity contribution in [3.05, 3.63) is 35.9 Å². The summed E-state index contributed by atoms with van der Waals surface area (Å²) in [5, 5.41) is 2.86. The predicted molar refractivity (Wildman–Crippen MR) is 81.6 cm³/mol. The summed E-state index contributed by atoms with van der Waals surface area (Å²) >= 11 is 0. The number of carbonyl (C=O) groups is 2. The highest BCUT2D eigenvalue weighted by Gasteiger charge is 2.33. The van der Waals surface area contributed by atoms with Crippen LogP contribution in [-0.4, -0.2) is 42.4 Å². The monoisotopic (exact) mass is 289 g/mol. The standard InChI is InChI=1S/C16H23N3O2/c17-9-5-10-18-16(21)14-8-4-11-19(14)15(20)12-13-6-2-1-3-7-13/h1-3,6-7,14H,4-5,8-12,17H2,(H,18,21). The summed E-state index contributed by atoms with van der Waals surface area (Å²) in [6, 6.07) is 9.32. The molecule has 5 heteroatoms. The molecule has 0 bridgehead atoms. The van der Waals surface area contributed by atoms with Crippen molar-refractivity contribution in [3.8, 4) is 0 Å². The van der Waals surface area contributed by atoms with E-state index in [0.717, 1.165) is 24.8 Å². The van der Waals surface area contributed by atoms with Gasteiger partial charge in [0.25, 0.3) is 0 Å². The molecular weight excluding hydrogens is 266 g/mol. The Labute approximate surface area is 125 Å². The lowest BCUT2D eigenvalue weighted by Gasteiger charge is -2.24. The summed E-state index contributed by atoms with van der Waals surface area (Å²) in [6.07, 6.45) is 2.74. The molecule has 1 heterocycles. The van der Waals surface area contributed by atoms with Crippen molar-refractivity contribution in [2.75, 3.05) is 19.6 Å². The minimum Gasteiger partial charge on any atom is -0.354 e. The number of amides is 2. The van der Waals surface area contributed by atoms with Gasteiger partial charge in [-0.25, -0.2) is 0 Å². The van der Waals surface area contributed by atoms with Crippen LogP contribution in [0.25, 0.3) is 0 Å². The summed E-state index contributed by atoms with van der Waals surface area (Å²) in [6.45, 7) is 1.80. The third kappa shape index (κ3) is 4.29. The second-order valence-electron chi connectivity index (χ2n) is 5.34. The molecule has 1 aliphatic heterocycles. The maximum absolute atomic E-state index is 12.4. The molecule has 1 aromatic rings. The van der Waals surface area contributed by atoms with E-state index >= 15 is 0 Å². The van der Waals surface area contributed by atoms with Crippen molar-refractivity contribution in [3.63, 3.8) is 0 Å². The fourth-order valence-corrected chi connectivity index (χ4v) is 2.64. The maximum Gasteiger partial charge on any atom is 0.242 e. The summed E-state index contributed by atoms with van der Waals surface area (Å²) in [4.78, 5) is 26.2. The van der Waals surface area contributed by atoms with Gasteiger partial charge in [-0.15, -0.1) is 0 Å². The molecule has 1 unspecified atom stereocenters. The number of likely N-dealkylation sites (tertiary alicyclic amines) is 1. The van der Waals surface area contributed by atoms with Crippen LogP contribution in [0.5, 0.6) is 0 Å². The average Bonchev–Trinajstić information content (AvgIpc) is 2.98. The Morgan fingerprint density at radius 1 is 1.29 bits per heavy atom. The van der Waals surface area contributed by atoms with Gasteiger partial charge >= 0.3 is 0 Å². The topological polar surface area (TPSA) is 75.4 Å². The molecule has 1 aromatic carbocycles. The smallest absolute Gasteiger partial charge is 0.242 e. The Kier molecular flexibility index (Phi) is 5.75. The summed E-state index contributed by atoms with van der Waals surface area (Å²) in [7, 11) is 0. The number of hydrogen-bond acceptors (Lipinski definition) is 3. The molecule has 2 rings (SSSR count). The molecule has 2 amide bonds. The van der Waals surface area contributed by atoms with Crippen LogP contribution < -0.4 is 11.1 Å². The highest BCUT2D eigenvalue weighted by molar-refractivity contribution is 5.89. The van der Waals surface area contributed by atoms with Crippen molar-refractivity contribution in [1.29, 1.82) is 0 Å². The zero-order chi connectivity index (χ0) is 15.1. The zero-order valence-electron chi connectivity index (χ0n) is 12.3. The van der Waals surface area contributed by atoms with E-state index in [9.17, 15) is 9.59 Å². The molecule has 0 aliphatic carbocycles. The average molecular weight is 289 g/mol. The number of benzene rings is 1. The van der Waals surface area contributed by atoms with E-state index < -0.39 is 0 Å². The molecule has 0 aromatic heterocycles.